The molecule has 0 radical (unpaired) electrons. The fraction of sp³-hybridized carbons (Fsp3) is 0.739. The van der Waals surface area contributed by atoms with E-state index in [2.05, 4.69) is 17.6 Å². The average Bonchev–Trinajstić information content (AvgIpc) is 3.25. The number of aliphatic hydroxyl groups excluding tert-OH is 2. The van der Waals surface area contributed by atoms with Crippen molar-refractivity contribution in [1.82, 2.24) is 10.6 Å². The molecule has 174 valence electrons. The first-order chi connectivity index (χ1) is 14.7. The number of ether oxygens (including phenoxy) is 1. The molecule has 1 heterocycles. The molecule has 0 unspecified atom stereocenters. The highest BCUT2D eigenvalue weighted by Gasteiger charge is 2.60. The van der Waals surface area contributed by atoms with E-state index >= 15 is 0 Å². The lowest BCUT2D eigenvalue weighted by atomic mass is 9.46. The highest BCUT2D eigenvalue weighted by atomic mass is 16.6. The molecule has 4 N–H and O–H groups in total. The summed E-state index contributed by atoms with van der Waals surface area (Å²) in [5, 5.41) is 26.8. The summed E-state index contributed by atoms with van der Waals surface area (Å²) in [6.07, 6.45) is 2.87. The van der Waals surface area contributed by atoms with Gasteiger partial charge in [0, 0.05) is 18.4 Å². The number of amides is 2. The molecule has 2 amide bonds. The number of carbonyl (C=O) groups excluding carboxylic acids is 2. The minimum Gasteiger partial charge on any atom is -0.467 e. The number of hydrogen-bond acceptors (Lipinski definition) is 6. The smallest absolute Gasteiger partial charge is 0.407 e. The molecule has 2 aliphatic rings. The Bertz CT molecular complexity index is 753. The van der Waals surface area contributed by atoms with E-state index in [1.54, 1.807) is 18.4 Å². The van der Waals surface area contributed by atoms with Gasteiger partial charge < -0.3 is 30.0 Å². The van der Waals surface area contributed by atoms with E-state index in [-0.39, 0.29) is 36.2 Å². The van der Waals surface area contributed by atoms with Gasteiger partial charge in [0.2, 0.25) is 5.91 Å². The number of fused-ring (bicyclic) bond motifs is 1. The number of aliphatic hydroxyl groups is 2. The van der Waals surface area contributed by atoms with Gasteiger partial charge in [-0.25, -0.2) is 4.79 Å². The van der Waals surface area contributed by atoms with Gasteiger partial charge in [-0.15, -0.1) is 0 Å². The molecule has 0 bridgehead atoms. The predicted octanol–water partition coefficient (Wildman–Crippen LogP) is 2.59. The van der Waals surface area contributed by atoms with E-state index in [0.717, 1.165) is 0 Å². The number of nitrogens with one attached hydrogen (secondary N) is 2. The van der Waals surface area contributed by atoms with Crippen LogP contribution in [0.2, 0.25) is 0 Å². The van der Waals surface area contributed by atoms with Crippen molar-refractivity contribution in [3.63, 3.8) is 0 Å². The minimum absolute atomic E-state index is 0.0180. The maximum Gasteiger partial charge on any atom is 0.407 e. The first kappa shape index (κ1) is 23.6. The van der Waals surface area contributed by atoms with Gasteiger partial charge in [-0.2, -0.15) is 0 Å². The zero-order valence-corrected chi connectivity index (χ0v) is 18.7. The Morgan fingerprint density at radius 3 is 2.68 bits per heavy atom. The molecule has 6 atom stereocenters. The lowest BCUT2D eigenvalue weighted by molar-refractivity contribution is -0.185. The van der Waals surface area contributed by atoms with Crippen LogP contribution in [0.3, 0.4) is 0 Å². The zero-order chi connectivity index (χ0) is 22.6. The second kappa shape index (κ2) is 9.61. The molecule has 1 aromatic heterocycles. The number of alkyl carbamates (subject to hydrolysis) is 1. The monoisotopic (exact) mass is 436 g/mol. The molecule has 2 fully saturated rings. The van der Waals surface area contributed by atoms with Crippen LogP contribution in [0.25, 0.3) is 0 Å². The van der Waals surface area contributed by atoms with Crippen molar-refractivity contribution in [3.05, 3.63) is 24.2 Å². The fourth-order valence-corrected chi connectivity index (χ4v) is 5.97. The average molecular weight is 437 g/mol. The molecule has 3 rings (SSSR count). The Morgan fingerprint density at radius 2 is 2.03 bits per heavy atom. The van der Waals surface area contributed by atoms with Gasteiger partial charge in [0.05, 0.1) is 25.5 Å². The van der Waals surface area contributed by atoms with Crippen LogP contribution in [0.4, 0.5) is 4.79 Å². The lowest BCUT2D eigenvalue weighted by Gasteiger charge is -2.60. The Balaban J connectivity index is 1.74. The topological polar surface area (TPSA) is 121 Å². The molecular weight excluding hydrogens is 400 g/mol. The second-order valence-electron chi connectivity index (χ2n) is 9.50. The van der Waals surface area contributed by atoms with E-state index in [4.69, 9.17) is 9.15 Å². The largest absolute Gasteiger partial charge is 0.467 e. The summed E-state index contributed by atoms with van der Waals surface area (Å²) < 4.78 is 11.0. The first-order valence-electron chi connectivity index (χ1n) is 11.3. The third-order valence-electron chi connectivity index (χ3n) is 7.69. The molecule has 8 nitrogen and oxygen atoms in total. The third kappa shape index (κ3) is 4.75. The van der Waals surface area contributed by atoms with Gasteiger partial charge >= 0.3 is 6.09 Å². The van der Waals surface area contributed by atoms with Crippen molar-refractivity contribution in [2.45, 2.75) is 71.6 Å². The maximum atomic E-state index is 12.7. The Morgan fingerprint density at radius 1 is 1.26 bits per heavy atom. The van der Waals surface area contributed by atoms with Crippen molar-refractivity contribution < 1.29 is 29.0 Å². The van der Waals surface area contributed by atoms with E-state index in [1.165, 1.54) is 0 Å². The van der Waals surface area contributed by atoms with Crippen LogP contribution in [0, 0.1) is 22.7 Å². The molecule has 0 spiro atoms. The lowest BCUT2D eigenvalue weighted by Crippen LogP contribution is -2.61. The minimum atomic E-state index is -0.638. The summed E-state index contributed by atoms with van der Waals surface area (Å²) >= 11 is 0. The van der Waals surface area contributed by atoms with E-state index in [0.29, 0.717) is 44.5 Å². The summed E-state index contributed by atoms with van der Waals surface area (Å²) in [5.74, 6) is 0.329. The van der Waals surface area contributed by atoms with Crippen LogP contribution in [0.5, 0.6) is 0 Å². The van der Waals surface area contributed by atoms with Gasteiger partial charge in [-0.1, -0.05) is 13.8 Å². The van der Waals surface area contributed by atoms with Gasteiger partial charge in [0.1, 0.15) is 11.9 Å². The molecule has 8 heteroatoms. The van der Waals surface area contributed by atoms with Crippen molar-refractivity contribution in [3.8, 4) is 0 Å². The molecule has 0 aromatic carbocycles. The third-order valence-corrected chi connectivity index (χ3v) is 7.69. The van der Waals surface area contributed by atoms with Crippen LogP contribution in [0.1, 0.15) is 58.6 Å². The van der Waals surface area contributed by atoms with Crippen molar-refractivity contribution in [2.75, 3.05) is 13.2 Å². The van der Waals surface area contributed by atoms with Crippen LogP contribution in [0.15, 0.2) is 22.8 Å². The van der Waals surface area contributed by atoms with E-state index in [1.807, 2.05) is 13.8 Å². The number of carbonyl (C=O) groups is 2. The molecule has 2 saturated carbocycles. The van der Waals surface area contributed by atoms with Gasteiger partial charge in [-0.05, 0) is 62.0 Å². The van der Waals surface area contributed by atoms with Gasteiger partial charge in [0.15, 0.2) is 0 Å². The van der Waals surface area contributed by atoms with Crippen molar-refractivity contribution >= 4 is 12.0 Å². The highest BCUT2D eigenvalue weighted by molar-refractivity contribution is 5.76. The SMILES string of the molecule is CCNC(=O)O[C@@H]1CC[C@]2(C)[C@H](CC[C@@H](O)[C@H]2CC(=O)NCc2ccco2)[C@]1(C)CO. The number of rotatable bonds is 7. The Hall–Kier alpha value is -2.06. The quantitative estimate of drug-likeness (QED) is 0.521. The van der Waals surface area contributed by atoms with Crippen molar-refractivity contribution in [1.29, 1.82) is 0 Å². The molecule has 2 aliphatic carbocycles. The first-order valence-corrected chi connectivity index (χ1v) is 11.3. The van der Waals surface area contributed by atoms with Crippen LogP contribution < -0.4 is 10.6 Å². The fourth-order valence-electron chi connectivity index (χ4n) is 5.97. The molecular formula is C23H36N2O6. The van der Waals surface area contributed by atoms with Crippen LogP contribution in [-0.4, -0.2) is 47.6 Å². The molecule has 31 heavy (non-hydrogen) atoms. The van der Waals surface area contributed by atoms with Crippen LogP contribution >= 0.6 is 0 Å². The molecule has 0 saturated heterocycles. The summed E-state index contributed by atoms with van der Waals surface area (Å²) in [6, 6.07) is 3.57. The molecule has 1 aromatic rings. The summed E-state index contributed by atoms with van der Waals surface area (Å²) in [5.41, 5.74) is -0.987. The van der Waals surface area contributed by atoms with E-state index < -0.39 is 23.7 Å². The number of furan rings is 1. The normalized spacial score (nSPS) is 35.1. The predicted molar refractivity (Wildman–Crippen MR) is 114 cm³/mol. The standard InChI is InChI=1S/C23H36N2O6/c1-4-24-21(29)31-19-9-10-22(2)16(12-20(28)25-13-15-6-5-11-30-15)17(27)7-8-18(22)23(19,3)14-26/h5-6,11,16-19,26-27H,4,7-10,12-14H2,1-3H3,(H,24,29)(H,25,28)/t16-,17-,18+,19-,22+,23+/m1/s1. The highest BCUT2D eigenvalue weighted by Crippen LogP contribution is 2.61. The molecule has 0 aliphatic heterocycles. The van der Waals surface area contributed by atoms with Gasteiger partial charge in [0.25, 0.3) is 0 Å². The summed E-state index contributed by atoms with van der Waals surface area (Å²) in [6.45, 7) is 6.57. The van der Waals surface area contributed by atoms with E-state index in [9.17, 15) is 19.8 Å². The van der Waals surface area contributed by atoms with Gasteiger partial charge in [-0.3, -0.25) is 4.79 Å². The maximum absolute atomic E-state index is 12.7. The Kier molecular flexibility index (Phi) is 7.31. The second-order valence-corrected chi connectivity index (χ2v) is 9.50. The van der Waals surface area contributed by atoms with Crippen LogP contribution in [-0.2, 0) is 16.1 Å². The summed E-state index contributed by atoms with van der Waals surface area (Å²) in [7, 11) is 0. The zero-order valence-electron chi connectivity index (χ0n) is 18.7. The Labute approximate surface area is 183 Å². The summed E-state index contributed by atoms with van der Waals surface area (Å²) in [4.78, 5) is 24.8. The number of hydrogen-bond donors (Lipinski definition) is 4. The van der Waals surface area contributed by atoms with Crippen molar-refractivity contribution in [2.24, 2.45) is 22.7 Å².